The van der Waals surface area contributed by atoms with Crippen LogP contribution in [0.1, 0.15) is 0 Å². The fourth-order valence-electron chi connectivity index (χ4n) is 1.51. The van der Waals surface area contributed by atoms with E-state index in [-0.39, 0.29) is 6.54 Å². The van der Waals surface area contributed by atoms with E-state index in [1.807, 2.05) is 0 Å². The van der Waals surface area contributed by atoms with Crippen LogP contribution < -0.4 is 16.0 Å². The van der Waals surface area contributed by atoms with E-state index in [4.69, 9.17) is 5.73 Å². The van der Waals surface area contributed by atoms with Gasteiger partial charge in [-0.05, 0) is 0 Å². The number of hydrogen-bond acceptors (Lipinski definition) is 6. The summed E-state index contributed by atoms with van der Waals surface area (Å²) in [6, 6.07) is 0. The van der Waals surface area contributed by atoms with Gasteiger partial charge in [-0.3, -0.25) is 4.79 Å². The lowest BCUT2D eigenvalue weighted by Gasteiger charge is -2.16. The second-order valence-corrected chi connectivity index (χ2v) is 3.54. The van der Waals surface area contributed by atoms with Crippen molar-refractivity contribution in [1.29, 1.82) is 0 Å². The first kappa shape index (κ1) is 11.1. The highest BCUT2D eigenvalue weighted by Gasteiger charge is 2.14. The Kier molecular flexibility index (Phi) is 2.77. The fourth-order valence-corrected chi connectivity index (χ4v) is 1.51. The van der Waals surface area contributed by atoms with Crippen molar-refractivity contribution in [3.05, 3.63) is 6.33 Å². The number of aromatic nitrogens is 4. The molecule has 0 aliphatic heterocycles. The van der Waals surface area contributed by atoms with Gasteiger partial charge < -0.3 is 20.9 Å². The number of nitrogens with one attached hydrogen (secondary N) is 2. The van der Waals surface area contributed by atoms with E-state index in [1.165, 1.54) is 6.33 Å². The molecule has 2 aromatic rings. The predicted octanol–water partition coefficient (Wildman–Crippen LogP) is -0.684. The summed E-state index contributed by atoms with van der Waals surface area (Å²) in [5, 5.41) is 2.84. The standard InChI is InChI=1S/C9H13N7O/c1-11-9-14-7-6(12-4-13-7)8(15-9)16(2)3-5(10)17/h4H,3H2,1-2H3,(H2,10,17)(H2,11,12,13,14,15). The SMILES string of the molecule is CNc1nc(N(C)CC(N)=O)c2[nH]cnc2n1. The summed E-state index contributed by atoms with van der Waals surface area (Å²) < 4.78 is 0. The average Bonchev–Trinajstić information content (AvgIpc) is 2.74. The van der Waals surface area contributed by atoms with E-state index < -0.39 is 5.91 Å². The molecule has 8 heteroatoms. The Labute approximate surface area is 97.3 Å². The van der Waals surface area contributed by atoms with Crippen molar-refractivity contribution in [2.75, 3.05) is 30.9 Å². The zero-order valence-corrected chi connectivity index (χ0v) is 9.56. The number of amides is 1. The molecular weight excluding hydrogens is 222 g/mol. The molecule has 90 valence electrons. The van der Waals surface area contributed by atoms with E-state index in [0.29, 0.717) is 22.9 Å². The number of H-pyrrole nitrogens is 1. The number of likely N-dealkylation sites (N-methyl/N-ethyl adjacent to an activating group) is 1. The first-order chi connectivity index (χ1) is 8.11. The lowest BCUT2D eigenvalue weighted by molar-refractivity contribution is -0.116. The van der Waals surface area contributed by atoms with Crippen molar-refractivity contribution in [1.82, 2.24) is 19.9 Å². The van der Waals surface area contributed by atoms with Gasteiger partial charge in [-0.25, -0.2) is 4.98 Å². The molecule has 0 unspecified atom stereocenters. The van der Waals surface area contributed by atoms with Crippen molar-refractivity contribution >= 4 is 28.8 Å². The van der Waals surface area contributed by atoms with Gasteiger partial charge in [-0.1, -0.05) is 0 Å². The predicted molar refractivity (Wildman–Crippen MR) is 63.7 cm³/mol. The molecule has 2 rings (SSSR count). The minimum absolute atomic E-state index is 0.0777. The molecule has 1 amide bonds. The molecule has 0 saturated heterocycles. The van der Waals surface area contributed by atoms with Crippen LogP contribution in [0.3, 0.4) is 0 Å². The molecule has 0 aliphatic carbocycles. The fraction of sp³-hybridized carbons (Fsp3) is 0.333. The molecule has 2 heterocycles. The number of anilines is 2. The van der Waals surface area contributed by atoms with Gasteiger partial charge in [0, 0.05) is 14.1 Å². The summed E-state index contributed by atoms with van der Waals surface area (Å²) >= 11 is 0. The van der Waals surface area contributed by atoms with Gasteiger partial charge in [-0.2, -0.15) is 9.97 Å². The molecule has 0 aromatic carbocycles. The van der Waals surface area contributed by atoms with Crippen LogP contribution in [-0.4, -0.2) is 46.5 Å². The molecule has 2 aromatic heterocycles. The number of primary amides is 1. The molecule has 0 fully saturated rings. The van der Waals surface area contributed by atoms with Crippen LogP contribution in [0.25, 0.3) is 11.2 Å². The Morgan fingerprint density at radius 2 is 2.35 bits per heavy atom. The van der Waals surface area contributed by atoms with E-state index in [2.05, 4.69) is 25.3 Å². The largest absolute Gasteiger partial charge is 0.368 e. The van der Waals surface area contributed by atoms with E-state index in [9.17, 15) is 4.79 Å². The number of aromatic amines is 1. The van der Waals surface area contributed by atoms with Crippen molar-refractivity contribution in [2.45, 2.75) is 0 Å². The molecule has 8 nitrogen and oxygen atoms in total. The lowest BCUT2D eigenvalue weighted by atomic mass is 10.4. The Bertz CT molecular complexity index is 549. The zero-order chi connectivity index (χ0) is 12.4. The van der Waals surface area contributed by atoms with Gasteiger partial charge in [0.2, 0.25) is 11.9 Å². The number of hydrogen-bond donors (Lipinski definition) is 3. The highest BCUT2D eigenvalue weighted by molar-refractivity contribution is 5.87. The first-order valence-electron chi connectivity index (χ1n) is 5.00. The van der Waals surface area contributed by atoms with Gasteiger partial charge in [0.1, 0.15) is 5.52 Å². The smallest absolute Gasteiger partial charge is 0.236 e. The van der Waals surface area contributed by atoms with Crippen LogP contribution in [-0.2, 0) is 4.79 Å². The highest BCUT2D eigenvalue weighted by Crippen LogP contribution is 2.21. The van der Waals surface area contributed by atoms with Gasteiger partial charge in [0.15, 0.2) is 11.5 Å². The maximum absolute atomic E-state index is 10.9. The number of carbonyl (C=O) groups excluding carboxylic acids is 1. The molecule has 0 atom stereocenters. The molecule has 0 aliphatic rings. The molecule has 0 saturated carbocycles. The Morgan fingerprint density at radius 3 is 3.00 bits per heavy atom. The van der Waals surface area contributed by atoms with Gasteiger partial charge in [0.25, 0.3) is 0 Å². The monoisotopic (exact) mass is 235 g/mol. The maximum Gasteiger partial charge on any atom is 0.236 e. The van der Waals surface area contributed by atoms with Crippen LogP contribution in [0.4, 0.5) is 11.8 Å². The van der Waals surface area contributed by atoms with Crippen LogP contribution in [0, 0.1) is 0 Å². The van der Waals surface area contributed by atoms with E-state index >= 15 is 0 Å². The maximum atomic E-state index is 10.9. The zero-order valence-electron chi connectivity index (χ0n) is 9.56. The molecule has 4 N–H and O–H groups in total. The first-order valence-corrected chi connectivity index (χ1v) is 5.00. The number of rotatable bonds is 4. The third-order valence-corrected chi connectivity index (χ3v) is 2.24. The summed E-state index contributed by atoms with van der Waals surface area (Å²) in [5.41, 5.74) is 6.37. The van der Waals surface area contributed by atoms with Gasteiger partial charge in [-0.15, -0.1) is 0 Å². The Balaban J connectivity index is 2.49. The van der Waals surface area contributed by atoms with Crippen molar-refractivity contribution in [3.8, 4) is 0 Å². The van der Waals surface area contributed by atoms with Crippen molar-refractivity contribution < 1.29 is 4.79 Å². The van der Waals surface area contributed by atoms with Crippen LogP contribution >= 0.6 is 0 Å². The van der Waals surface area contributed by atoms with E-state index in [0.717, 1.165) is 0 Å². The second kappa shape index (κ2) is 4.24. The average molecular weight is 235 g/mol. The normalized spacial score (nSPS) is 10.5. The Hall–Kier alpha value is -2.38. The summed E-state index contributed by atoms with van der Waals surface area (Å²) in [6.45, 7) is 0.0777. The van der Waals surface area contributed by atoms with Crippen molar-refractivity contribution in [3.63, 3.8) is 0 Å². The lowest BCUT2D eigenvalue weighted by Crippen LogP contribution is -2.31. The van der Waals surface area contributed by atoms with Crippen LogP contribution in [0.2, 0.25) is 0 Å². The third kappa shape index (κ3) is 2.10. The molecule has 0 spiro atoms. The van der Waals surface area contributed by atoms with Crippen LogP contribution in [0.15, 0.2) is 6.33 Å². The third-order valence-electron chi connectivity index (χ3n) is 2.24. The minimum atomic E-state index is -0.426. The number of nitrogens with zero attached hydrogens (tertiary/aromatic N) is 4. The number of fused-ring (bicyclic) bond motifs is 1. The second-order valence-electron chi connectivity index (χ2n) is 3.54. The van der Waals surface area contributed by atoms with E-state index in [1.54, 1.807) is 19.0 Å². The van der Waals surface area contributed by atoms with Crippen LogP contribution in [0.5, 0.6) is 0 Å². The summed E-state index contributed by atoms with van der Waals surface area (Å²) in [7, 11) is 3.44. The topological polar surface area (TPSA) is 113 Å². The molecule has 0 bridgehead atoms. The summed E-state index contributed by atoms with van der Waals surface area (Å²) in [5.74, 6) is 0.594. The minimum Gasteiger partial charge on any atom is -0.368 e. The number of nitrogens with two attached hydrogens (primary N) is 1. The number of imidazole rings is 1. The molecule has 17 heavy (non-hydrogen) atoms. The summed E-state index contributed by atoms with van der Waals surface area (Å²) in [4.78, 5) is 28.0. The quantitative estimate of drug-likeness (QED) is 0.647. The molecule has 0 radical (unpaired) electrons. The highest BCUT2D eigenvalue weighted by atomic mass is 16.1. The number of carbonyl (C=O) groups is 1. The molecular formula is C9H13N7O. The Morgan fingerprint density at radius 1 is 1.59 bits per heavy atom. The summed E-state index contributed by atoms with van der Waals surface area (Å²) in [6.07, 6.45) is 1.53. The van der Waals surface area contributed by atoms with Crippen molar-refractivity contribution in [2.24, 2.45) is 5.73 Å². The van der Waals surface area contributed by atoms with Gasteiger partial charge >= 0.3 is 0 Å². The van der Waals surface area contributed by atoms with Gasteiger partial charge in [0.05, 0.1) is 12.9 Å².